The molecular formula is C11H9ClN2O4. The van der Waals surface area contributed by atoms with E-state index in [1.165, 1.54) is 13.2 Å². The highest BCUT2D eigenvalue weighted by Crippen LogP contribution is 2.24. The molecule has 1 rings (SSSR count). The zero-order valence-electron chi connectivity index (χ0n) is 9.47. The van der Waals surface area contributed by atoms with Crippen LogP contribution in [0, 0.1) is 21.4 Å². The number of carbonyl (C=O) groups excluding carboxylic acids is 1. The number of halogens is 1. The molecule has 0 unspecified atom stereocenters. The van der Waals surface area contributed by atoms with Crippen molar-refractivity contribution in [3.8, 4) is 6.07 Å². The second kappa shape index (κ2) is 5.98. The number of nitrogens with zero attached hydrogens (tertiary/aromatic N) is 2. The van der Waals surface area contributed by atoms with Crippen LogP contribution in [0.4, 0.5) is 5.69 Å². The summed E-state index contributed by atoms with van der Waals surface area (Å²) < 4.78 is 4.51. The molecule has 0 saturated carbocycles. The first-order valence-electron chi connectivity index (χ1n) is 4.86. The number of nitro groups is 1. The van der Waals surface area contributed by atoms with Crippen LogP contribution >= 0.6 is 11.6 Å². The van der Waals surface area contributed by atoms with Gasteiger partial charge in [-0.3, -0.25) is 14.9 Å². The number of alkyl halides is 1. The molecule has 0 aliphatic carbocycles. The van der Waals surface area contributed by atoms with Crippen LogP contribution in [0.3, 0.4) is 0 Å². The second-order valence-corrected chi connectivity index (χ2v) is 3.65. The average Bonchev–Trinajstić information content (AvgIpc) is 2.38. The number of methoxy groups -OCH3 is 1. The van der Waals surface area contributed by atoms with E-state index in [9.17, 15) is 14.9 Å². The topological polar surface area (TPSA) is 93.2 Å². The first-order chi connectivity index (χ1) is 8.53. The number of rotatable bonds is 4. The van der Waals surface area contributed by atoms with Crippen molar-refractivity contribution in [3.05, 3.63) is 38.9 Å². The molecular weight excluding hydrogens is 260 g/mol. The van der Waals surface area contributed by atoms with E-state index in [0.717, 1.165) is 6.07 Å². The van der Waals surface area contributed by atoms with E-state index in [1.54, 1.807) is 0 Å². The van der Waals surface area contributed by atoms with Gasteiger partial charge >= 0.3 is 5.97 Å². The third-order valence-electron chi connectivity index (χ3n) is 2.35. The quantitative estimate of drug-likeness (QED) is 0.360. The van der Waals surface area contributed by atoms with Crippen molar-refractivity contribution in [2.75, 3.05) is 7.11 Å². The lowest BCUT2D eigenvalue weighted by molar-refractivity contribution is -0.384. The molecule has 0 aliphatic rings. The van der Waals surface area contributed by atoms with Gasteiger partial charge in [-0.25, -0.2) is 0 Å². The number of nitro benzene ring substituents is 1. The molecule has 1 aromatic rings. The number of benzene rings is 1. The first-order valence-corrected chi connectivity index (χ1v) is 5.40. The van der Waals surface area contributed by atoms with Gasteiger partial charge in [-0.2, -0.15) is 5.26 Å². The molecule has 18 heavy (non-hydrogen) atoms. The van der Waals surface area contributed by atoms with Gasteiger partial charge in [0.15, 0.2) is 0 Å². The van der Waals surface area contributed by atoms with Gasteiger partial charge < -0.3 is 4.74 Å². The lowest BCUT2D eigenvalue weighted by Gasteiger charge is -2.08. The Morgan fingerprint density at radius 2 is 2.28 bits per heavy atom. The molecule has 0 aliphatic heterocycles. The van der Waals surface area contributed by atoms with Crippen LogP contribution < -0.4 is 0 Å². The summed E-state index contributed by atoms with van der Waals surface area (Å²) in [4.78, 5) is 21.3. The first kappa shape index (κ1) is 13.9. The predicted octanol–water partition coefficient (Wildman–Crippen LogP) is 1.92. The van der Waals surface area contributed by atoms with Crippen molar-refractivity contribution in [1.82, 2.24) is 0 Å². The Hall–Kier alpha value is -2.13. The van der Waals surface area contributed by atoms with Crippen LogP contribution in [0.1, 0.15) is 16.7 Å². The largest absolute Gasteiger partial charge is 0.469 e. The SMILES string of the molecule is COC(=O)Cc1c(C#N)cc([N+](=O)[O-])cc1CCl. The van der Waals surface area contributed by atoms with Crippen molar-refractivity contribution in [1.29, 1.82) is 5.26 Å². The molecule has 0 N–H and O–H groups in total. The Balaban J connectivity index is 3.35. The fourth-order valence-corrected chi connectivity index (χ4v) is 1.70. The monoisotopic (exact) mass is 268 g/mol. The van der Waals surface area contributed by atoms with Gasteiger partial charge in [0.05, 0.1) is 30.1 Å². The Morgan fingerprint density at radius 3 is 2.72 bits per heavy atom. The maximum absolute atomic E-state index is 11.2. The molecule has 0 aromatic heterocycles. The number of hydrogen-bond acceptors (Lipinski definition) is 5. The van der Waals surface area contributed by atoms with Crippen molar-refractivity contribution in [2.45, 2.75) is 12.3 Å². The zero-order valence-corrected chi connectivity index (χ0v) is 10.2. The van der Waals surface area contributed by atoms with Gasteiger partial charge in [0.2, 0.25) is 0 Å². The highest BCUT2D eigenvalue weighted by atomic mass is 35.5. The highest BCUT2D eigenvalue weighted by Gasteiger charge is 2.18. The molecule has 0 fully saturated rings. The van der Waals surface area contributed by atoms with E-state index < -0.39 is 10.9 Å². The van der Waals surface area contributed by atoms with Gasteiger partial charge in [0.1, 0.15) is 0 Å². The average molecular weight is 269 g/mol. The van der Waals surface area contributed by atoms with E-state index in [0.29, 0.717) is 11.1 Å². The molecule has 0 saturated heterocycles. The number of hydrogen-bond donors (Lipinski definition) is 0. The number of carbonyl (C=O) groups is 1. The van der Waals surface area contributed by atoms with Crippen molar-refractivity contribution in [3.63, 3.8) is 0 Å². The van der Waals surface area contributed by atoms with Gasteiger partial charge in [0, 0.05) is 18.0 Å². The minimum Gasteiger partial charge on any atom is -0.469 e. The van der Waals surface area contributed by atoms with E-state index in [2.05, 4.69) is 4.74 Å². The van der Waals surface area contributed by atoms with Gasteiger partial charge in [-0.05, 0) is 11.1 Å². The second-order valence-electron chi connectivity index (χ2n) is 3.39. The summed E-state index contributed by atoms with van der Waals surface area (Å²) in [5.41, 5.74) is 0.582. The molecule has 94 valence electrons. The molecule has 0 bridgehead atoms. The lowest BCUT2D eigenvalue weighted by atomic mass is 9.99. The number of ether oxygens (including phenoxy) is 1. The zero-order chi connectivity index (χ0) is 13.7. The summed E-state index contributed by atoms with van der Waals surface area (Å²) in [6.07, 6.45) is -0.139. The van der Waals surface area contributed by atoms with Crippen molar-refractivity contribution in [2.24, 2.45) is 0 Å². The van der Waals surface area contributed by atoms with Crippen molar-refractivity contribution < 1.29 is 14.5 Å². The van der Waals surface area contributed by atoms with Crippen LogP contribution in [-0.4, -0.2) is 18.0 Å². The summed E-state index contributed by atoms with van der Waals surface area (Å²) in [6, 6.07) is 4.20. The normalized spacial score (nSPS) is 9.61. The fraction of sp³-hybridized carbons (Fsp3) is 0.273. The van der Waals surface area contributed by atoms with Gasteiger partial charge in [-0.1, -0.05) is 0 Å². The van der Waals surface area contributed by atoms with Crippen LogP contribution in [0.5, 0.6) is 0 Å². The standard InChI is InChI=1S/C11H9ClN2O4/c1-18-11(15)4-10-7(5-12)2-9(14(16)17)3-8(10)6-13/h2-3H,4-5H2,1H3. The Morgan fingerprint density at radius 1 is 1.61 bits per heavy atom. The predicted molar refractivity (Wildman–Crippen MR) is 63.1 cm³/mol. The van der Waals surface area contributed by atoms with Crippen LogP contribution in [-0.2, 0) is 21.8 Å². The minimum absolute atomic E-state index is 0.0251. The Bertz CT molecular complexity index is 537. The van der Waals surface area contributed by atoms with Crippen molar-refractivity contribution >= 4 is 23.3 Å². The maximum atomic E-state index is 11.2. The molecule has 0 heterocycles. The van der Waals surface area contributed by atoms with E-state index in [1.807, 2.05) is 6.07 Å². The third kappa shape index (κ3) is 2.96. The summed E-state index contributed by atoms with van der Waals surface area (Å²) in [5.74, 6) is -0.561. The summed E-state index contributed by atoms with van der Waals surface area (Å²) in [7, 11) is 1.22. The summed E-state index contributed by atoms with van der Waals surface area (Å²) >= 11 is 5.68. The lowest BCUT2D eigenvalue weighted by Crippen LogP contribution is -2.09. The molecule has 0 atom stereocenters. The molecule has 0 amide bonds. The van der Waals surface area contributed by atoms with E-state index in [4.69, 9.17) is 16.9 Å². The Labute approximate surface area is 108 Å². The molecule has 0 spiro atoms. The molecule has 6 nitrogen and oxygen atoms in total. The summed E-state index contributed by atoms with van der Waals surface area (Å²) in [6.45, 7) is 0. The van der Waals surface area contributed by atoms with Crippen LogP contribution in [0.15, 0.2) is 12.1 Å². The third-order valence-corrected chi connectivity index (χ3v) is 2.64. The highest BCUT2D eigenvalue weighted by molar-refractivity contribution is 6.17. The number of esters is 1. The van der Waals surface area contributed by atoms with Gasteiger partial charge in [0.25, 0.3) is 5.69 Å². The van der Waals surface area contributed by atoms with Crippen LogP contribution in [0.2, 0.25) is 0 Å². The van der Waals surface area contributed by atoms with E-state index in [-0.39, 0.29) is 23.6 Å². The maximum Gasteiger partial charge on any atom is 0.310 e. The van der Waals surface area contributed by atoms with E-state index >= 15 is 0 Å². The smallest absolute Gasteiger partial charge is 0.310 e. The number of nitriles is 1. The number of non-ortho nitro benzene ring substituents is 1. The molecule has 7 heteroatoms. The van der Waals surface area contributed by atoms with Crippen LogP contribution in [0.25, 0.3) is 0 Å². The molecule has 1 aromatic carbocycles. The Kier molecular flexibility index (Phi) is 4.63. The molecule has 0 radical (unpaired) electrons. The minimum atomic E-state index is -0.612. The summed E-state index contributed by atoms with van der Waals surface area (Å²) in [5, 5.41) is 19.7. The fourth-order valence-electron chi connectivity index (χ4n) is 1.46. The van der Waals surface area contributed by atoms with Gasteiger partial charge in [-0.15, -0.1) is 11.6 Å².